The fourth-order valence-corrected chi connectivity index (χ4v) is 4.10. The number of nitrogens with zero attached hydrogens (tertiary/aromatic N) is 4. The molecule has 0 radical (unpaired) electrons. The van der Waals surface area contributed by atoms with Crippen molar-refractivity contribution in [1.82, 2.24) is 25.0 Å². The van der Waals surface area contributed by atoms with Gasteiger partial charge in [0.05, 0.1) is 12.2 Å². The maximum atomic E-state index is 11.0. The highest BCUT2D eigenvalue weighted by Gasteiger charge is 2.26. The zero-order valence-corrected chi connectivity index (χ0v) is 14.3. The number of amides is 1. The van der Waals surface area contributed by atoms with Gasteiger partial charge in [0.15, 0.2) is 11.5 Å². The van der Waals surface area contributed by atoms with Crippen molar-refractivity contribution in [2.75, 3.05) is 5.32 Å². The number of rotatable bonds is 6. The van der Waals surface area contributed by atoms with Gasteiger partial charge >= 0.3 is 0 Å². The summed E-state index contributed by atoms with van der Waals surface area (Å²) in [5.74, 6) is 1.16. The number of fused-ring (bicyclic) bond motifs is 1. The van der Waals surface area contributed by atoms with E-state index in [0.717, 1.165) is 22.9 Å². The lowest BCUT2D eigenvalue weighted by molar-refractivity contribution is -0.105. The quantitative estimate of drug-likeness (QED) is 0.673. The van der Waals surface area contributed by atoms with E-state index < -0.39 is 0 Å². The average molecular weight is 338 g/mol. The number of aromatic nitrogens is 5. The molecule has 1 unspecified atom stereocenters. The first kappa shape index (κ1) is 15.8. The van der Waals surface area contributed by atoms with Crippen LogP contribution in [0, 0.1) is 5.92 Å². The Hall–Kier alpha value is -2.70. The number of nitrogens with one attached hydrogen (secondary N) is 2. The second-order valence-electron chi connectivity index (χ2n) is 6.65. The molecule has 2 N–H and O–H groups in total. The molecule has 3 aromatic heterocycles. The smallest absolute Gasteiger partial charge is 0.212 e. The topological polar surface area (TPSA) is 88.5 Å². The molecule has 7 nitrogen and oxygen atoms in total. The molecule has 1 fully saturated rings. The Morgan fingerprint density at radius 2 is 2.24 bits per heavy atom. The summed E-state index contributed by atoms with van der Waals surface area (Å²) < 4.78 is 2.09. The summed E-state index contributed by atoms with van der Waals surface area (Å²) in [6, 6.07) is 2.37. The van der Waals surface area contributed by atoms with Gasteiger partial charge in [-0.05, 0) is 31.2 Å². The highest BCUT2D eigenvalue weighted by atomic mass is 16.1. The molecular formula is C18H22N6O. The molecule has 0 aromatic carbocycles. The molecule has 3 aromatic rings. The molecule has 1 aliphatic rings. The molecule has 3 heterocycles. The van der Waals surface area contributed by atoms with Crippen LogP contribution in [-0.2, 0) is 4.79 Å². The van der Waals surface area contributed by atoms with E-state index in [1.165, 1.54) is 25.7 Å². The van der Waals surface area contributed by atoms with E-state index in [1.807, 2.05) is 18.5 Å². The molecule has 4 rings (SSSR count). The van der Waals surface area contributed by atoms with Gasteiger partial charge in [0.1, 0.15) is 0 Å². The van der Waals surface area contributed by atoms with Crippen molar-refractivity contribution in [3.8, 4) is 11.1 Å². The van der Waals surface area contributed by atoms with E-state index in [-0.39, 0.29) is 0 Å². The van der Waals surface area contributed by atoms with Crippen LogP contribution in [-0.4, -0.2) is 31.4 Å². The first-order valence-electron chi connectivity index (χ1n) is 8.90. The number of carbonyl (C=O) groups is 1. The van der Waals surface area contributed by atoms with Crippen LogP contribution in [0.2, 0.25) is 0 Å². The van der Waals surface area contributed by atoms with Crippen LogP contribution in [0.15, 0.2) is 24.7 Å². The number of carbonyl (C=O) groups excluding carboxylic acids is 1. The predicted molar refractivity (Wildman–Crippen MR) is 96.1 cm³/mol. The Kier molecular flexibility index (Phi) is 4.21. The molecule has 130 valence electrons. The van der Waals surface area contributed by atoms with Crippen molar-refractivity contribution in [3.05, 3.63) is 24.7 Å². The number of hydrogen-bond donors (Lipinski definition) is 2. The average Bonchev–Trinajstić information content (AvgIpc) is 3.37. The van der Waals surface area contributed by atoms with E-state index in [0.29, 0.717) is 29.8 Å². The van der Waals surface area contributed by atoms with Gasteiger partial charge < -0.3 is 10.3 Å². The number of H-pyrrole nitrogens is 1. The summed E-state index contributed by atoms with van der Waals surface area (Å²) in [6.07, 6.45) is 12.7. The lowest BCUT2D eigenvalue weighted by Gasteiger charge is -2.22. The second-order valence-corrected chi connectivity index (χ2v) is 6.65. The first-order chi connectivity index (χ1) is 12.3. The van der Waals surface area contributed by atoms with E-state index in [1.54, 1.807) is 0 Å². The van der Waals surface area contributed by atoms with Gasteiger partial charge in [-0.25, -0.2) is 0 Å². The zero-order chi connectivity index (χ0) is 17.2. The third kappa shape index (κ3) is 2.79. The standard InChI is InChI=1S/C18H22N6O/c1-2-15(12-5-3-4-6-12)24-10-13(9-21-24)16-14-7-8-19-17(14)22-23-18(16)20-11-25/h7-12,15H,2-6H2,1H3,(H,19,22)(H,20,23,25). The summed E-state index contributed by atoms with van der Waals surface area (Å²) in [6.45, 7) is 2.22. The summed E-state index contributed by atoms with van der Waals surface area (Å²) >= 11 is 0. The molecule has 1 aliphatic carbocycles. The predicted octanol–water partition coefficient (Wildman–Crippen LogP) is 3.53. The van der Waals surface area contributed by atoms with E-state index >= 15 is 0 Å². The van der Waals surface area contributed by atoms with E-state index in [4.69, 9.17) is 0 Å². The Morgan fingerprint density at radius 1 is 1.40 bits per heavy atom. The maximum absolute atomic E-state index is 11.0. The Balaban J connectivity index is 1.76. The minimum absolute atomic E-state index is 0.426. The Morgan fingerprint density at radius 3 is 3.00 bits per heavy atom. The van der Waals surface area contributed by atoms with Crippen molar-refractivity contribution in [1.29, 1.82) is 0 Å². The zero-order valence-electron chi connectivity index (χ0n) is 14.3. The summed E-state index contributed by atoms with van der Waals surface area (Å²) in [5, 5.41) is 16.5. The van der Waals surface area contributed by atoms with Gasteiger partial charge in [0.2, 0.25) is 6.41 Å². The van der Waals surface area contributed by atoms with Crippen molar-refractivity contribution >= 4 is 23.3 Å². The molecule has 1 atom stereocenters. The van der Waals surface area contributed by atoms with Gasteiger partial charge in [0.25, 0.3) is 0 Å². The van der Waals surface area contributed by atoms with Crippen molar-refractivity contribution < 1.29 is 4.79 Å². The van der Waals surface area contributed by atoms with Crippen LogP contribution < -0.4 is 5.32 Å². The Labute approximate surface area is 145 Å². The van der Waals surface area contributed by atoms with Crippen LogP contribution in [0.4, 0.5) is 5.82 Å². The molecule has 7 heteroatoms. The molecule has 0 spiro atoms. The highest BCUT2D eigenvalue weighted by Crippen LogP contribution is 2.38. The molecule has 0 bridgehead atoms. The fourth-order valence-electron chi connectivity index (χ4n) is 4.10. The highest BCUT2D eigenvalue weighted by molar-refractivity contribution is 5.99. The second kappa shape index (κ2) is 6.66. The van der Waals surface area contributed by atoms with Gasteiger partial charge in [0, 0.05) is 28.9 Å². The fraction of sp³-hybridized carbons (Fsp3) is 0.444. The summed E-state index contributed by atoms with van der Waals surface area (Å²) in [4.78, 5) is 14.0. The molecular weight excluding hydrogens is 316 g/mol. The Bertz CT molecular complexity index is 877. The van der Waals surface area contributed by atoms with Crippen LogP contribution in [0.25, 0.3) is 22.2 Å². The summed E-state index contributed by atoms with van der Waals surface area (Å²) in [7, 11) is 0. The summed E-state index contributed by atoms with van der Waals surface area (Å²) in [5.41, 5.74) is 2.49. The van der Waals surface area contributed by atoms with Crippen LogP contribution in [0.5, 0.6) is 0 Å². The number of aromatic amines is 1. The van der Waals surface area contributed by atoms with Crippen molar-refractivity contribution in [2.24, 2.45) is 5.92 Å². The van der Waals surface area contributed by atoms with Crippen molar-refractivity contribution in [2.45, 2.75) is 45.1 Å². The van der Waals surface area contributed by atoms with Crippen LogP contribution in [0.1, 0.15) is 45.1 Å². The maximum Gasteiger partial charge on any atom is 0.212 e. The third-order valence-corrected chi connectivity index (χ3v) is 5.27. The largest absolute Gasteiger partial charge is 0.345 e. The van der Waals surface area contributed by atoms with Crippen molar-refractivity contribution in [3.63, 3.8) is 0 Å². The van der Waals surface area contributed by atoms with E-state index in [2.05, 4.69) is 43.4 Å². The molecule has 1 amide bonds. The minimum atomic E-state index is 0.426. The van der Waals surface area contributed by atoms with Crippen LogP contribution >= 0.6 is 0 Å². The number of hydrogen-bond acceptors (Lipinski definition) is 4. The van der Waals surface area contributed by atoms with Gasteiger partial charge in [-0.1, -0.05) is 19.8 Å². The SMILES string of the molecule is CCC(C1CCCC1)n1cc(-c2c(NC=O)nnc3[nH]ccc23)cn1. The van der Waals surface area contributed by atoms with Crippen LogP contribution in [0.3, 0.4) is 0 Å². The lowest BCUT2D eigenvalue weighted by Crippen LogP contribution is -2.17. The minimum Gasteiger partial charge on any atom is -0.345 e. The molecule has 25 heavy (non-hydrogen) atoms. The monoisotopic (exact) mass is 338 g/mol. The third-order valence-electron chi connectivity index (χ3n) is 5.27. The first-order valence-corrected chi connectivity index (χ1v) is 8.90. The molecule has 0 saturated heterocycles. The van der Waals surface area contributed by atoms with Gasteiger partial charge in [-0.15, -0.1) is 10.2 Å². The molecule has 1 saturated carbocycles. The number of anilines is 1. The van der Waals surface area contributed by atoms with Gasteiger partial charge in [-0.2, -0.15) is 5.10 Å². The van der Waals surface area contributed by atoms with E-state index in [9.17, 15) is 4.79 Å². The van der Waals surface area contributed by atoms with Gasteiger partial charge in [-0.3, -0.25) is 9.48 Å². The molecule has 0 aliphatic heterocycles. The normalized spacial score (nSPS) is 16.4. The lowest BCUT2D eigenvalue weighted by atomic mass is 9.96.